The van der Waals surface area contributed by atoms with Gasteiger partial charge in [-0.15, -0.1) is 0 Å². The number of carboxylic acid groups (broad SMARTS) is 1. The summed E-state index contributed by atoms with van der Waals surface area (Å²) in [7, 11) is 0. The van der Waals surface area contributed by atoms with Crippen molar-refractivity contribution < 1.29 is 19.5 Å². The molecule has 0 spiro atoms. The lowest BCUT2D eigenvalue weighted by Crippen LogP contribution is -2.46. The maximum Gasteiger partial charge on any atom is 0.303 e. The van der Waals surface area contributed by atoms with E-state index >= 15 is 0 Å². The van der Waals surface area contributed by atoms with Crippen molar-refractivity contribution in [1.82, 2.24) is 5.32 Å². The Kier molecular flexibility index (Phi) is 6.42. The number of nitrogens with zero attached hydrogens (tertiary/aromatic N) is 1. The molecule has 146 valence electrons. The molecular formula is C22H24N2O4. The Hall–Kier alpha value is -3.15. The number of nitrogens with one attached hydrogen (secondary N) is 1. The van der Waals surface area contributed by atoms with Gasteiger partial charge in [0.05, 0.1) is 0 Å². The Morgan fingerprint density at radius 3 is 2.50 bits per heavy atom. The van der Waals surface area contributed by atoms with E-state index in [1.165, 1.54) is 4.90 Å². The highest BCUT2D eigenvalue weighted by Crippen LogP contribution is 2.27. The van der Waals surface area contributed by atoms with Gasteiger partial charge in [-0.05, 0) is 36.5 Å². The van der Waals surface area contributed by atoms with Gasteiger partial charge in [0.1, 0.15) is 6.54 Å². The third kappa shape index (κ3) is 5.19. The molecule has 2 amide bonds. The largest absolute Gasteiger partial charge is 0.481 e. The minimum Gasteiger partial charge on any atom is -0.481 e. The molecular weight excluding hydrogens is 356 g/mol. The number of carbonyl (C=O) groups is 3. The van der Waals surface area contributed by atoms with Gasteiger partial charge in [-0.2, -0.15) is 0 Å². The average molecular weight is 380 g/mol. The van der Waals surface area contributed by atoms with Gasteiger partial charge in [0.25, 0.3) is 0 Å². The number of anilines is 1. The number of rotatable bonds is 8. The number of aliphatic carboxylic acids is 1. The van der Waals surface area contributed by atoms with Gasteiger partial charge in [0, 0.05) is 24.6 Å². The summed E-state index contributed by atoms with van der Waals surface area (Å²) >= 11 is 0. The van der Waals surface area contributed by atoms with Gasteiger partial charge in [0.2, 0.25) is 11.8 Å². The van der Waals surface area contributed by atoms with E-state index < -0.39 is 5.97 Å². The average Bonchev–Trinajstić information content (AvgIpc) is 2.69. The maximum absolute atomic E-state index is 12.7. The molecule has 3 rings (SSSR count). The maximum atomic E-state index is 12.7. The molecule has 2 N–H and O–H groups in total. The second-order valence-electron chi connectivity index (χ2n) is 7.00. The minimum absolute atomic E-state index is 0.0245. The van der Waals surface area contributed by atoms with Gasteiger partial charge < -0.3 is 15.3 Å². The monoisotopic (exact) mass is 380 g/mol. The van der Waals surface area contributed by atoms with Crippen LogP contribution < -0.4 is 10.2 Å². The van der Waals surface area contributed by atoms with Crippen molar-refractivity contribution in [2.45, 2.75) is 38.1 Å². The van der Waals surface area contributed by atoms with Crippen molar-refractivity contribution in [3.8, 4) is 0 Å². The molecule has 0 bridgehead atoms. The smallest absolute Gasteiger partial charge is 0.303 e. The Bertz CT molecular complexity index is 851. The zero-order valence-corrected chi connectivity index (χ0v) is 15.6. The summed E-state index contributed by atoms with van der Waals surface area (Å²) in [6, 6.07) is 16.9. The molecule has 2 aromatic carbocycles. The standard InChI is InChI=1S/C22H24N2O4/c25-20(15-24-19-9-5-4-8-17(19)10-12-21(24)26)23-18(11-13-22(27)28)14-16-6-2-1-3-7-16/h1-9,18H,10-15H2,(H,23,25)(H,27,28). The van der Waals surface area contributed by atoms with Crippen molar-refractivity contribution in [2.24, 2.45) is 0 Å². The van der Waals surface area contributed by atoms with E-state index in [4.69, 9.17) is 5.11 Å². The lowest BCUT2D eigenvalue weighted by atomic mass is 10.0. The van der Waals surface area contributed by atoms with Crippen LogP contribution in [-0.2, 0) is 27.2 Å². The van der Waals surface area contributed by atoms with Crippen LogP contribution in [0.5, 0.6) is 0 Å². The number of carbonyl (C=O) groups excluding carboxylic acids is 2. The summed E-state index contributed by atoms with van der Waals surface area (Å²) < 4.78 is 0. The van der Waals surface area contributed by atoms with Gasteiger partial charge in [0.15, 0.2) is 0 Å². The highest BCUT2D eigenvalue weighted by atomic mass is 16.4. The fourth-order valence-electron chi connectivity index (χ4n) is 3.51. The summed E-state index contributed by atoms with van der Waals surface area (Å²) in [5.74, 6) is -1.25. The molecule has 0 radical (unpaired) electrons. The van der Waals surface area contributed by atoms with Gasteiger partial charge in [-0.25, -0.2) is 0 Å². The highest BCUT2D eigenvalue weighted by molar-refractivity contribution is 6.01. The fourth-order valence-corrected chi connectivity index (χ4v) is 3.51. The summed E-state index contributed by atoms with van der Waals surface area (Å²) in [5, 5.41) is 11.9. The molecule has 1 heterocycles. The molecule has 2 aromatic rings. The number of hydrogen-bond donors (Lipinski definition) is 2. The van der Waals surface area contributed by atoms with Gasteiger partial charge >= 0.3 is 5.97 Å². The first-order valence-corrected chi connectivity index (χ1v) is 9.46. The van der Waals surface area contributed by atoms with Crippen LogP contribution in [0.4, 0.5) is 5.69 Å². The third-order valence-corrected chi connectivity index (χ3v) is 4.89. The van der Waals surface area contributed by atoms with Crippen LogP contribution in [-0.4, -0.2) is 35.5 Å². The summed E-state index contributed by atoms with van der Waals surface area (Å²) in [6.45, 7) is -0.0613. The molecule has 0 saturated carbocycles. The van der Waals surface area contributed by atoms with Crippen molar-refractivity contribution in [3.05, 3.63) is 65.7 Å². The zero-order chi connectivity index (χ0) is 19.9. The Labute approximate surface area is 164 Å². The van der Waals surface area contributed by atoms with E-state index in [9.17, 15) is 14.4 Å². The summed E-state index contributed by atoms with van der Waals surface area (Å²) in [6.07, 6.45) is 1.92. The first kappa shape index (κ1) is 19.6. The quantitative estimate of drug-likeness (QED) is 0.737. The van der Waals surface area contributed by atoms with E-state index in [0.717, 1.165) is 16.8 Å². The number of fused-ring (bicyclic) bond motifs is 1. The van der Waals surface area contributed by atoms with Crippen LogP contribution in [0.2, 0.25) is 0 Å². The van der Waals surface area contributed by atoms with Crippen LogP contribution in [0.3, 0.4) is 0 Å². The molecule has 6 nitrogen and oxygen atoms in total. The zero-order valence-electron chi connectivity index (χ0n) is 15.6. The van der Waals surface area contributed by atoms with Crippen LogP contribution in [0, 0.1) is 0 Å². The van der Waals surface area contributed by atoms with Gasteiger partial charge in [-0.1, -0.05) is 48.5 Å². The van der Waals surface area contributed by atoms with Crippen molar-refractivity contribution in [2.75, 3.05) is 11.4 Å². The lowest BCUT2D eigenvalue weighted by Gasteiger charge is -2.29. The predicted molar refractivity (Wildman–Crippen MR) is 106 cm³/mol. The first-order chi connectivity index (χ1) is 13.5. The summed E-state index contributed by atoms with van der Waals surface area (Å²) in [4.78, 5) is 37.5. The number of benzene rings is 2. The molecule has 1 aliphatic heterocycles. The molecule has 0 saturated heterocycles. The Balaban J connectivity index is 1.67. The number of aryl methyl sites for hydroxylation is 1. The number of hydrogen-bond acceptors (Lipinski definition) is 3. The van der Waals surface area contributed by atoms with Crippen LogP contribution in [0.15, 0.2) is 54.6 Å². The van der Waals surface area contributed by atoms with Crippen LogP contribution in [0.25, 0.3) is 0 Å². The molecule has 28 heavy (non-hydrogen) atoms. The third-order valence-electron chi connectivity index (χ3n) is 4.89. The number of carboxylic acids is 1. The van der Waals surface area contributed by atoms with Crippen molar-refractivity contribution in [3.63, 3.8) is 0 Å². The predicted octanol–water partition coefficient (Wildman–Crippen LogP) is 2.56. The van der Waals surface area contributed by atoms with Crippen molar-refractivity contribution >= 4 is 23.5 Å². The molecule has 1 aliphatic rings. The van der Waals surface area contributed by atoms with E-state index in [1.807, 2.05) is 54.6 Å². The van der Waals surface area contributed by atoms with Crippen LogP contribution in [0.1, 0.15) is 30.4 Å². The number of amides is 2. The molecule has 0 fully saturated rings. The summed E-state index contributed by atoms with van der Waals surface area (Å²) in [5.41, 5.74) is 2.86. The van der Waals surface area contributed by atoms with Crippen molar-refractivity contribution in [1.29, 1.82) is 0 Å². The Morgan fingerprint density at radius 2 is 1.75 bits per heavy atom. The Morgan fingerprint density at radius 1 is 1.04 bits per heavy atom. The molecule has 6 heteroatoms. The highest BCUT2D eigenvalue weighted by Gasteiger charge is 2.26. The minimum atomic E-state index is -0.896. The molecule has 0 aliphatic carbocycles. The fraction of sp³-hybridized carbons (Fsp3) is 0.318. The van der Waals surface area contributed by atoms with E-state index in [1.54, 1.807) is 0 Å². The molecule has 1 atom stereocenters. The SMILES string of the molecule is O=C(O)CCC(Cc1ccccc1)NC(=O)CN1C(=O)CCc2ccccc21. The second kappa shape index (κ2) is 9.17. The molecule has 0 aromatic heterocycles. The van der Waals surface area contributed by atoms with E-state index in [-0.39, 0.29) is 30.8 Å². The second-order valence-corrected chi connectivity index (χ2v) is 7.00. The van der Waals surface area contributed by atoms with E-state index in [2.05, 4.69) is 5.32 Å². The van der Waals surface area contributed by atoms with Crippen LogP contribution >= 0.6 is 0 Å². The topological polar surface area (TPSA) is 86.7 Å². The van der Waals surface area contributed by atoms with Gasteiger partial charge in [-0.3, -0.25) is 14.4 Å². The lowest BCUT2D eigenvalue weighted by molar-refractivity contribution is -0.137. The number of para-hydroxylation sites is 1. The molecule has 1 unspecified atom stereocenters. The normalized spacial score (nSPS) is 14.3. The first-order valence-electron chi connectivity index (χ1n) is 9.46. The van der Waals surface area contributed by atoms with E-state index in [0.29, 0.717) is 25.7 Å².